The summed E-state index contributed by atoms with van der Waals surface area (Å²) in [5, 5.41) is 0. The van der Waals surface area contributed by atoms with Crippen molar-refractivity contribution < 1.29 is 0 Å². The lowest BCUT2D eigenvalue weighted by Crippen LogP contribution is -2.11. The normalized spacial score (nSPS) is 18.6. The maximum absolute atomic E-state index is 5.71. The number of halogens is 1. The van der Waals surface area contributed by atoms with Gasteiger partial charge in [-0.05, 0) is 41.3 Å². The molecule has 0 unspecified atom stereocenters. The van der Waals surface area contributed by atoms with Gasteiger partial charge >= 0.3 is 0 Å². The van der Waals surface area contributed by atoms with Gasteiger partial charge in [-0.1, -0.05) is 12.5 Å². The van der Waals surface area contributed by atoms with E-state index in [-0.39, 0.29) is 0 Å². The summed E-state index contributed by atoms with van der Waals surface area (Å²) in [5.74, 6) is 0.587. The zero-order valence-corrected chi connectivity index (χ0v) is 8.98. The Morgan fingerprint density at radius 1 is 1.67 bits per heavy atom. The van der Waals surface area contributed by atoms with Gasteiger partial charge < -0.3 is 5.73 Å². The molecule has 0 saturated heterocycles. The molecule has 1 rings (SSSR count). The number of rotatable bonds is 1. The molecule has 0 aromatic rings. The molecule has 0 aromatic carbocycles. The summed E-state index contributed by atoms with van der Waals surface area (Å²) in [5.41, 5.74) is 8.28. The molecule has 0 fully saturated rings. The second kappa shape index (κ2) is 3.90. The first-order valence-corrected chi connectivity index (χ1v) is 4.81. The average Bonchev–Trinajstić information content (AvgIpc) is 2.18. The van der Waals surface area contributed by atoms with Gasteiger partial charge in [0.05, 0.1) is 4.48 Å². The summed E-state index contributed by atoms with van der Waals surface area (Å²) in [6.07, 6.45) is 3.82. The van der Waals surface area contributed by atoms with Crippen LogP contribution >= 0.6 is 15.9 Å². The molecule has 0 aromatic heterocycles. The van der Waals surface area contributed by atoms with Crippen molar-refractivity contribution in [3.05, 3.63) is 21.8 Å². The van der Waals surface area contributed by atoms with Crippen LogP contribution in [-0.2, 0) is 0 Å². The Labute approximate surface area is 81.4 Å². The van der Waals surface area contributed by atoms with Crippen molar-refractivity contribution in [3.8, 4) is 0 Å². The van der Waals surface area contributed by atoms with E-state index in [4.69, 9.17) is 5.73 Å². The van der Waals surface area contributed by atoms with Crippen molar-refractivity contribution >= 4 is 21.8 Å². The summed E-state index contributed by atoms with van der Waals surface area (Å²) in [7, 11) is 0. The van der Waals surface area contributed by atoms with Gasteiger partial charge in [0.2, 0.25) is 0 Å². The van der Waals surface area contributed by atoms with Gasteiger partial charge in [-0.15, -0.1) is 0 Å². The molecular formula is C9H13BrN2. The Hall–Kier alpha value is -0.570. The van der Waals surface area contributed by atoms with Crippen LogP contribution in [0.4, 0.5) is 0 Å². The summed E-state index contributed by atoms with van der Waals surface area (Å²) >= 11 is 3.45. The highest BCUT2D eigenvalue weighted by atomic mass is 79.9. The van der Waals surface area contributed by atoms with E-state index in [9.17, 15) is 0 Å². The van der Waals surface area contributed by atoms with E-state index in [0.29, 0.717) is 5.84 Å². The quantitative estimate of drug-likeness (QED) is 0.737. The number of nitrogens with zero attached hydrogens (tertiary/aromatic N) is 1. The van der Waals surface area contributed by atoms with E-state index in [1.165, 1.54) is 11.1 Å². The van der Waals surface area contributed by atoms with E-state index in [0.717, 1.165) is 17.3 Å². The Bertz CT molecular complexity index is 274. The first-order chi connectivity index (χ1) is 5.65. The van der Waals surface area contributed by atoms with Gasteiger partial charge in [-0.25, -0.2) is 4.99 Å². The lowest BCUT2D eigenvalue weighted by Gasteiger charge is -2.05. The molecule has 1 aliphatic heterocycles. The minimum atomic E-state index is 0.587. The highest BCUT2D eigenvalue weighted by Gasteiger charge is 2.09. The van der Waals surface area contributed by atoms with E-state index in [1.54, 1.807) is 0 Å². The number of aliphatic imine (C=N–C) groups is 1. The molecule has 66 valence electrons. The molecule has 0 bridgehead atoms. The lowest BCUT2D eigenvalue weighted by molar-refractivity contribution is 0.991. The van der Waals surface area contributed by atoms with Crippen molar-refractivity contribution in [2.24, 2.45) is 10.7 Å². The van der Waals surface area contributed by atoms with Gasteiger partial charge in [-0.3, -0.25) is 0 Å². The van der Waals surface area contributed by atoms with Crippen LogP contribution in [0, 0.1) is 0 Å². The van der Waals surface area contributed by atoms with Gasteiger partial charge in [-0.2, -0.15) is 0 Å². The van der Waals surface area contributed by atoms with Gasteiger partial charge in [0.1, 0.15) is 5.84 Å². The fourth-order valence-electron chi connectivity index (χ4n) is 1.16. The maximum atomic E-state index is 5.71. The molecule has 0 saturated carbocycles. The number of nitrogens with two attached hydrogens (primary N) is 1. The number of allylic oxidation sites excluding steroid dienone is 2. The Morgan fingerprint density at radius 3 is 2.92 bits per heavy atom. The van der Waals surface area contributed by atoms with Crippen LogP contribution < -0.4 is 5.73 Å². The molecular weight excluding hydrogens is 216 g/mol. The van der Waals surface area contributed by atoms with Crippen LogP contribution in [0.3, 0.4) is 0 Å². The summed E-state index contributed by atoms with van der Waals surface area (Å²) in [6.45, 7) is 4.19. The molecule has 0 atom stereocenters. The second-order valence-corrected chi connectivity index (χ2v) is 3.73. The van der Waals surface area contributed by atoms with Gasteiger partial charge in [0, 0.05) is 6.20 Å². The zero-order valence-electron chi connectivity index (χ0n) is 7.39. The van der Waals surface area contributed by atoms with E-state index >= 15 is 0 Å². The largest absolute Gasteiger partial charge is 0.383 e. The van der Waals surface area contributed by atoms with Crippen molar-refractivity contribution in [2.75, 3.05) is 0 Å². The van der Waals surface area contributed by atoms with Crippen molar-refractivity contribution in [1.82, 2.24) is 0 Å². The average molecular weight is 229 g/mol. The van der Waals surface area contributed by atoms with Gasteiger partial charge in [0.25, 0.3) is 0 Å². The molecule has 2 nitrogen and oxygen atoms in total. The first kappa shape index (κ1) is 9.52. The topological polar surface area (TPSA) is 38.4 Å². The van der Waals surface area contributed by atoms with Crippen molar-refractivity contribution in [3.63, 3.8) is 0 Å². The van der Waals surface area contributed by atoms with Crippen LogP contribution in [0.2, 0.25) is 0 Å². The van der Waals surface area contributed by atoms with Crippen LogP contribution in [-0.4, -0.2) is 5.84 Å². The lowest BCUT2D eigenvalue weighted by atomic mass is 10.1. The number of hydrogen-bond donors (Lipinski definition) is 1. The predicted molar refractivity (Wildman–Crippen MR) is 56.2 cm³/mol. The summed E-state index contributed by atoms with van der Waals surface area (Å²) in [4.78, 5) is 4.11. The van der Waals surface area contributed by atoms with Crippen molar-refractivity contribution in [2.45, 2.75) is 26.7 Å². The summed E-state index contributed by atoms with van der Waals surface area (Å²) < 4.78 is 0.970. The third kappa shape index (κ3) is 1.97. The molecule has 0 amide bonds. The van der Waals surface area contributed by atoms with Crippen LogP contribution in [0.5, 0.6) is 0 Å². The van der Waals surface area contributed by atoms with E-state index in [2.05, 4.69) is 34.8 Å². The fourth-order valence-corrected chi connectivity index (χ4v) is 1.68. The molecule has 12 heavy (non-hydrogen) atoms. The van der Waals surface area contributed by atoms with Crippen LogP contribution in [0.25, 0.3) is 0 Å². The standard InChI is InChI=1S/C9H13BrN2/c1-3-7-4-6(2)5-12-9(11)8(7)10/h5H,3-4H2,1-2H3,(H2,11,12). The fraction of sp³-hybridized carbons (Fsp3) is 0.444. The monoisotopic (exact) mass is 228 g/mol. The van der Waals surface area contributed by atoms with Crippen LogP contribution in [0.1, 0.15) is 26.7 Å². The Kier molecular flexibility index (Phi) is 3.09. The number of amidine groups is 1. The molecule has 1 aliphatic rings. The molecule has 1 heterocycles. The van der Waals surface area contributed by atoms with E-state index in [1.807, 2.05) is 6.20 Å². The van der Waals surface area contributed by atoms with Crippen molar-refractivity contribution in [1.29, 1.82) is 0 Å². The minimum Gasteiger partial charge on any atom is -0.383 e. The summed E-state index contributed by atoms with van der Waals surface area (Å²) in [6, 6.07) is 0. The maximum Gasteiger partial charge on any atom is 0.137 e. The molecule has 0 aliphatic carbocycles. The van der Waals surface area contributed by atoms with Crippen LogP contribution in [0.15, 0.2) is 26.8 Å². The highest BCUT2D eigenvalue weighted by Crippen LogP contribution is 2.24. The smallest absolute Gasteiger partial charge is 0.137 e. The second-order valence-electron chi connectivity index (χ2n) is 2.94. The third-order valence-corrected chi connectivity index (χ3v) is 2.85. The molecule has 0 radical (unpaired) electrons. The first-order valence-electron chi connectivity index (χ1n) is 4.02. The Balaban J connectivity index is 3.05. The van der Waals surface area contributed by atoms with Gasteiger partial charge in [0.15, 0.2) is 0 Å². The third-order valence-electron chi connectivity index (χ3n) is 1.88. The zero-order chi connectivity index (χ0) is 9.14. The molecule has 2 N–H and O–H groups in total. The predicted octanol–water partition coefficient (Wildman–Crippen LogP) is 2.71. The SMILES string of the molecule is CCC1=C(Br)C(N)=NC=C(C)C1. The number of hydrogen-bond acceptors (Lipinski definition) is 2. The molecule has 0 spiro atoms. The minimum absolute atomic E-state index is 0.587. The molecule has 3 heteroatoms. The van der Waals surface area contributed by atoms with E-state index < -0.39 is 0 Å². The Morgan fingerprint density at radius 2 is 2.33 bits per heavy atom. The highest BCUT2D eigenvalue weighted by molar-refractivity contribution is 9.12.